The molecule has 1 unspecified atom stereocenters. The molecule has 0 aliphatic heterocycles. The van der Waals surface area contributed by atoms with Gasteiger partial charge in [0.25, 0.3) is 0 Å². The molecule has 1 aliphatic rings. The van der Waals surface area contributed by atoms with E-state index in [0.717, 1.165) is 18.8 Å². The van der Waals surface area contributed by atoms with Crippen molar-refractivity contribution in [2.24, 2.45) is 5.92 Å². The van der Waals surface area contributed by atoms with E-state index in [0.29, 0.717) is 12.1 Å². The maximum Gasteiger partial charge on any atom is 0.229 e. The number of nitrogens with one attached hydrogen (secondary N) is 1. The van der Waals surface area contributed by atoms with Crippen molar-refractivity contribution in [1.82, 2.24) is 15.5 Å². The molecule has 29 heavy (non-hydrogen) atoms. The second-order valence-corrected chi connectivity index (χ2v) is 8.05. The van der Waals surface area contributed by atoms with Gasteiger partial charge < -0.3 is 10.4 Å². The quantitative estimate of drug-likeness (QED) is 0.514. The molecular formula is C23H33N3O3. The van der Waals surface area contributed by atoms with Crippen molar-refractivity contribution in [3.05, 3.63) is 40.9 Å². The Morgan fingerprint density at radius 3 is 2.34 bits per heavy atom. The SMILES string of the molecule is CNC1=CC(=O)c2cc(C=CC(O)CCCCCCCCC(C)C)nnc2C1=O. The summed E-state index contributed by atoms with van der Waals surface area (Å²) in [5.41, 5.74) is 0.981. The van der Waals surface area contributed by atoms with Crippen molar-refractivity contribution >= 4 is 17.6 Å². The van der Waals surface area contributed by atoms with Crippen molar-refractivity contribution in [3.63, 3.8) is 0 Å². The van der Waals surface area contributed by atoms with Crippen LogP contribution in [0, 0.1) is 5.92 Å². The van der Waals surface area contributed by atoms with Crippen molar-refractivity contribution in [2.75, 3.05) is 7.05 Å². The summed E-state index contributed by atoms with van der Waals surface area (Å²) in [6.45, 7) is 4.53. The number of aromatic nitrogens is 2. The Hall–Kier alpha value is -2.34. The monoisotopic (exact) mass is 399 g/mol. The van der Waals surface area contributed by atoms with Gasteiger partial charge in [0.05, 0.1) is 23.1 Å². The van der Waals surface area contributed by atoms with Gasteiger partial charge in [0.2, 0.25) is 5.78 Å². The highest BCUT2D eigenvalue weighted by Gasteiger charge is 2.27. The Morgan fingerprint density at radius 2 is 1.69 bits per heavy atom. The lowest BCUT2D eigenvalue weighted by atomic mass is 9.97. The zero-order chi connectivity index (χ0) is 21.2. The molecule has 1 atom stereocenters. The van der Waals surface area contributed by atoms with Crippen LogP contribution in [0.4, 0.5) is 0 Å². The lowest BCUT2D eigenvalue weighted by Crippen LogP contribution is -2.26. The van der Waals surface area contributed by atoms with Crippen LogP contribution in [0.3, 0.4) is 0 Å². The summed E-state index contributed by atoms with van der Waals surface area (Å²) >= 11 is 0. The highest BCUT2D eigenvalue weighted by molar-refractivity contribution is 6.23. The van der Waals surface area contributed by atoms with E-state index in [9.17, 15) is 14.7 Å². The predicted molar refractivity (Wildman–Crippen MR) is 115 cm³/mol. The van der Waals surface area contributed by atoms with Gasteiger partial charge in [0.15, 0.2) is 5.78 Å². The number of carbonyl (C=O) groups is 2. The minimum Gasteiger partial charge on any atom is -0.389 e. The molecule has 0 bridgehead atoms. The van der Waals surface area contributed by atoms with E-state index >= 15 is 0 Å². The van der Waals surface area contributed by atoms with Gasteiger partial charge in [-0.05, 0) is 24.5 Å². The first-order valence-electron chi connectivity index (χ1n) is 10.6. The molecule has 0 aromatic carbocycles. The van der Waals surface area contributed by atoms with Crippen LogP contribution in [0.5, 0.6) is 0 Å². The standard InChI is InChI=1S/C23H33N3O3/c1-16(2)10-8-6-4-5-7-9-11-18(27)13-12-17-14-19-21(28)15-20(24-3)23(29)22(19)26-25-17/h12-16,18,24,27H,4-11H2,1-3H3. The molecule has 0 amide bonds. The van der Waals surface area contributed by atoms with Crippen LogP contribution in [0.2, 0.25) is 0 Å². The fraction of sp³-hybridized carbons (Fsp3) is 0.565. The highest BCUT2D eigenvalue weighted by atomic mass is 16.3. The van der Waals surface area contributed by atoms with Gasteiger partial charge in [-0.2, -0.15) is 5.10 Å². The van der Waals surface area contributed by atoms with Crippen LogP contribution in [-0.4, -0.2) is 40.0 Å². The molecule has 2 N–H and O–H groups in total. The number of hydrogen-bond donors (Lipinski definition) is 2. The molecule has 6 nitrogen and oxygen atoms in total. The number of nitrogens with zero attached hydrogens (tertiary/aromatic N) is 2. The van der Waals surface area contributed by atoms with Crippen LogP contribution in [0.1, 0.15) is 91.8 Å². The third kappa shape index (κ3) is 7.20. The molecule has 1 aliphatic carbocycles. The Bertz CT molecular complexity index is 769. The summed E-state index contributed by atoms with van der Waals surface area (Å²) in [4.78, 5) is 24.4. The molecule has 1 aromatic heterocycles. The molecule has 2 rings (SSSR count). The molecule has 0 saturated heterocycles. The van der Waals surface area contributed by atoms with Gasteiger partial charge in [0, 0.05) is 13.1 Å². The number of ketones is 2. The van der Waals surface area contributed by atoms with Gasteiger partial charge in [-0.3, -0.25) is 9.59 Å². The lowest BCUT2D eigenvalue weighted by Gasteiger charge is -2.13. The number of aliphatic hydroxyl groups is 1. The molecule has 0 radical (unpaired) electrons. The van der Waals surface area contributed by atoms with Crippen molar-refractivity contribution in [2.45, 2.75) is 71.3 Å². The zero-order valence-electron chi connectivity index (χ0n) is 17.8. The lowest BCUT2D eigenvalue weighted by molar-refractivity contribution is 0.0974. The van der Waals surface area contributed by atoms with Crippen LogP contribution < -0.4 is 5.32 Å². The summed E-state index contributed by atoms with van der Waals surface area (Å²) in [7, 11) is 1.58. The number of hydrogen-bond acceptors (Lipinski definition) is 6. The summed E-state index contributed by atoms with van der Waals surface area (Å²) < 4.78 is 0. The molecule has 0 saturated carbocycles. The first-order chi connectivity index (χ1) is 13.9. The fourth-order valence-corrected chi connectivity index (χ4v) is 3.35. The van der Waals surface area contributed by atoms with E-state index in [1.807, 2.05) is 0 Å². The topological polar surface area (TPSA) is 92.2 Å². The molecular weight excluding hydrogens is 366 g/mol. The largest absolute Gasteiger partial charge is 0.389 e. The molecule has 1 heterocycles. The molecule has 158 valence electrons. The van der Waals surface area contributed by atoms with Crippen LogP contribution in [0.25, 0.3) is 6.08 Å². The Kier molecular flexibility index (Phi) is 9.19. The number of likely N-dealkylation sites (N-methyl/N-ethyl adjacent to an activating group) is 1. The zero-order valence-corrected chi connectivity index (χ0v) is 17.8. The third-order valence-corrected chi connectivity index (χ3v) is 5.10. The minimum atomic E-state index is -0.554. The summed E-state index contributed by atoms with van der Waals surface area (Å²) in [5.74, 6) is 0.175. The number of fused-ring (bicyclic) bond motifs is 1. The number of unbranched alkanes of at least 4 members (excludes halogenated alkanes) is 5. The normalized spacial score (nSPS) is 15.0. The second-order valence-electron chi connectivity index (χ2n) is 8.05. The van der Waals surface area contributed by atoms with E-state index in [1.165, 1.54) is 38.2 Å². The van der Waals surface area contributed by atoms with E-state index in [4.69, 9.17) is 0 Å². The van der Waals surface area contributed by atoms with E-state index in [2.05, 4.69) is 29.4 Å². The van der Waals surface area contributed by atoms with E-state index < -0.39 is 6.10 Å². The molecule has 6 heteroatoms. The first kappa shape index (κ1) is 22.9. The van der Waals surface area contributed by atoms with Crippen LogP contribution in [0.15, 0.2) is 23.9 Å². The smallest absolute Gasteiger partial charge is 0.229 e. The van der Waals surface area contributed by atoms with Gasteiger partial charge in [-0.15, -0.1) is 5.10 Å². The Morgan fingerprint density at radius 1 is 1.03 bits per heavy atom. The number of rotatable bonds is 12. The van der Waals surface area contributed by atoms with Gasteiger partial charge in [0.1, 0.15) is 5.69 Å². The number of carbonyl (C=O) groups excluding carboxylic acids is 2. The number of aliphatic hydroxyl groups excluding tert-OH is 1. The molecule has 1 aromatic rings. The summed E-state index contributed by atoms with van der Waals surface area (Å²) in [6, 6.07) is 1.55. The Balaban J connectivity index is 1.76. The van der Waals surface area contributed by atoms with Gasteiger partial charge in [-0.1, -0.05) is 64.9 Å². The minimum absolute atomic E-state index is 0.0629. The van der Waals surface area contributed by atoms with Crippen LogP contribution in [-0.2, 0) is 0 Å². The maximum atomic E-state index is 12.2. The summed E-state index contributed by atoms with van der Waals surface area (Å²) in [6.07, 6.45) is 13.2. The third-order valence-electron chi connectivity index (χ3n) is 5.10. The average molecular weight is 400 g/mol. The average Bonchev–Trinajstić information content (AvgIpc) is 2.70. The van der Waals surface area contributed by atoms with E-state index in [1.54, 1.807) is 25.3 Å². The van der Waals surface area contributed by atoms with Gasteiger partial charge in [-0.25, -0.2) is 0 Å². The second kappa shape index (κ2) is 11.6. The van der Waals surface area contributed by atoms with Crippen molar-refractivity contribution < 1.29 is 14.7 Å². The van der Waals surface area contributed by atoms with Crippen LogP contribution >= 0.6 is 0 Å². The molecule has 0 fully saturated rings. The van der Waals surface area contributed by atoms with Crippen molar-refractivity contribution in [1.29, 1.82) is 0 Å². The number of allylic oxidation sites excluding steroid dienone is 2. The van der Waals surface area contributed by atoms with Gasteiger partial charge >= 0.3 is 0 Å². The number of Topliss-reactive ketones (excluding diaryl/α,β-unsaturated/α-hetero) is 1. The Labute approximate surface area is 173 Å². The summed E-state index contributed by atoms with van der Waals surface area (Å²) in [5, 5.41) is 20.7. The predicted octanol–water partition coefficient (Wildman–Crippen LogP) is 4.11. The maximum absolute atomic E-state index is 12.2. The highest BCUT2D eigenvalue weighted by Crippen LogP contribution is 2.19. The fourth-order valence-electron chi connectivity index (χ4n) is 3.35. The molecule has 0 spiro atoms. The van der Waals surface area contributed by atoms with E-state index in [-0.39, 0.29) is 28.5 Å². The first-order valence-corrected chi connectivity index (χ1v) is 10.6. The van der Waals surface area contributed by atoms with Crippen molar-refractivity contribution in [3.8, 4) is 0 Å².